The number of aliphatic carboxylic acids is 2. The highest BCUT2D eigenvalue weighted by atomic mass is 16.6. The van der Waals surface area contributed by atoms with Gasteiger partial charge in [0.15, 0.2) is 0 Å². The molecule has 132 valence electrons. The Balaban J connectivity index is 0.000000331. The third-order valence-corrected chi connectivity index (χ3v) is 3.01. The van der Waals surface area contributed by atoms with Gasteiger partial charge in [0.05, 0.1) is 0 Å². The second-order valence-corrected chi connectivity index (χ2v) is 6.41. The molecule has 0 aromatic heterocycles. The summed E-state index contributed by atoms with van der Waals surface area (Å²) in [5.74, 6) is -2.42. The molecule has 0 fully saturated rings. The molecule has 0 bridgehead atoms. The quantitative estimate of drug-likeness (QED) is 0.772. The lowest BCUT2D eigenvalue weighted by Gasteiger charge is -2.21. The van der Waals surface area contributed by atoms with E-state index in [1.54, 1.807) is 20.8 Å². The molecule has 7 nitrogen and oxygen atoms in total. The molecule has 0 saturated heterocycles. The van der Waals surface area contributed by atoms with Crippen LogP contribution in [0.1, 0.15) is 44.7 Å². The Hall–Kier alpha value is -2.57. The maximum absolute atomic E-state index is 11.3. The summed E-state index contributed by atoms with van der Waals surface area (Å²) in [6.07, 6.45) is -0.167. The summed E-state index contributed by atoms with van der Waals surface area (Å²) in [5, 5.41) is 19.3. The van der Waals surface area contributed by atoms with Crippen LogP contribution in [0.3, 0.4) is 0 Å². The molecule has 1 amide bonds. The molecule has 1 aromatic rings. The summed E-state index contributed by atoms with van der Waals surface area (Å²) in [6, 6.07) is 7.27. The van der Waals surface area contributed by atoms with Gasteiger partial charge in [0.2, 0.25) is 0 Å². The highest BCUT2D eigenvalue weighted by Gasteiger charge is 2.24. The third kappa shape index (κ3) is 8.17. The van der Waals surface area contributed by atoms with Gasteiger partial charge >= 0.3 is 18.0 Å². The number of rotatable bonds is 5. The number of carbonyl (C=O) groups excluding carboxylic acids is 1. The molecule has 1 unspecified atom stereocenters. The van der Waals surface area contributed by atoms with E-state index < -0.39 is 29.7 Å². The summed E-state index contributed by atoms with van der Waals surface area (Å²) in [5.41, 5.74) is 2.32. The Morgan fingerprint density at radius 2 is 1.71 bits per heavy atom. The summed E-state index contributed by atoms with van der Waals surface area (Å²) < 4.78 is 4.86. The zero-order valence-corrected chi connectivity index (χ0v) is 14.0. The van der Waals surface area contributed by atoms with Gasteiger partial charge in [-0.05, 0) is 44.7 Å². The van der Waals surface area contributed by atoms with Crippen LogP contribution >= 0.6 is 0 Å². The maximum atomic E-state index is 11.3. The minimum Gasteiger partial charge on any atom is -0.481 e. The van der Waals surface area contributed by atoms with Gasteiger partial charge in [-0.2, -0.15) is 0 Å². The van der Waals surface area contributed by atoms with Crippen molar-refractivity contribution >= 4 is 18.0 Å². The minimum absolute atomic E-state index is 0.191. The number of carboxylic acid groups (broad SMARTS) is 2. The van der Waals surface area contributed by atoms with E-state index in [1.807, 2.05) is 0 Å². The number of carboxylic acids is 2. The zero-order chi connectivity index (χ0) is 18.3. The highest BCUT2D eigenvalue weighted by Crippen LogP contribution is 2.25. The number of alkyl carbamates (subject to hydrolysis) is 1. The number of benzene rings is 1. The fourth-order valence-electron chi connectivity index (χ4n) is 1.81. The average Bonchev–Trinajstić information content (AvgIpc) is 3.21. The first kappa shape index (κ1) is 19.5. The lowest BCUT2D eigenvalue weighted by Crippen LogP contribution is -2.43. The van der Waals surface area contributed by atoms with E-state index in [0.29, 0.717) is 0 Å². The minimum atomic E-state index is -1.29. The van der Waals surface area contributed by atoms with E-state index in [1.165, 1.54) is 17.5 Å². The molecule has 0 spiro atoms. The Morgan fingerprint density at radius 1 is 1.17 bits per heavy atom. The molecule has 2 rings (SSSR count). The van der Waals surface area contributed by atoms with Crippen molar-refractivity contribution in [3.63, 3.8) is 0 Å². The van der Waals surface area contributed by atoms with E-state index >= 15 is 0 Å². The Bertz CT molecular complexity index is 584. The van der Waals surface area contributed by atoms with Crippen molar-refractivity contribution in [2.75, 3.05) is 0 Å². The van der Waals surface area contributed by atoms with Gasteiger partial charge in [0.25, 0.3) is 0 Å². The number of carbonyl (C=O) groups is 3. The lowest BCUT2D eigenvalue weighted by atomic mass is 10.1. The van der Waals surface area contributed by atoms with Crippen LogP contribution in [0.4, 0.5) is 4.79 Å². The topological polar surface area (TPSA) is 113 Å². The predicted octanol–water partition coefficient (Wildman–Crippen LogP) is 2.42. The number of hydrogen-bond acceptors (Lipinski definition) is 4. The normalized spacial score (nSPS) is 12.8. The molecule has 0 radical (unpaired) electrons. The second-order valence-electron chi connectivity index (χ2n) is 6.41. The Morgan fingerprint density at radius 3 is 2.08 bits per heavy atom. The number of ether oxygens (including phenoxy) is 1. The number of fused-ring (bicyclic) bond motifs is 1. The van der Waals surface area contributed by atoms with Crippen molar-refractivity contribution in [2.45, 2.75) is 51.7 Å². The van der Waals surface area contributed by atoms with Gasteiger partial charge in [-0.1, -0.05) is 24.3 Å². The van der Waals surface area contributed by atoms with Crippen LogP contribution in [0.2, 0.25) is 0 Å². The molecule has 0 heterocycles. The first-order valence-corrected chi connectivity index (χ1v) is 7.59. The molecule has 3 N–H and O–H groups in total. The van der Waals surface area contributed by atoms with Crippen LogP contribution in [0.25, 0.3) is 0 Å². The monoisotopic (exact) mass is 337 g/mol. The number of amides is 1. The summed E-state index contributed by atoms with van der Waals surface area (Å²) in [7, 11) is 0. The van der Waals surface area contributed by atoms with Crippen molar-refractivity contribution in [2.24, 2.45) is 0 Å². The molecule has 24 heavy (non-hydrogen) atoms. The van der Waals surface area contributed by atoms with Crippen LogP contribution < -0.4 is 5.32 Å². The van der Waals surface area contributed by atoms with Gasteiger partial charge in [-0.15, -0.1) is 0 Å². The van der Waals surface area contributed by atoms with E-state index in [9.17, 15) is 14.4 Å². The van der Waals surface area contributed by atoms with E-state index in [2.05, 4.69) is 29.6 Å². The maximum Gasteiger partial charge on any atom is 0.408 e. The van der Waals surface area contributed by atoms with Crippen molar-refractivity contribution in [3.8, 4) is 0 Å². The first-order chi connectivity index (χ1) is 11.1. The van der Waals surface area contributed by atoms with Crippen LogP contribution in [0.5, 0.6) is 0 Å². The number of hydrogen-bond donors (Lipinski definition) is 3. The van der Waals surface area contributed by atoms with Crippen molar-refractivity contribution < 1.29 is 29.3 Å². The molecule has 0 saturated carbocycles. The van der Waals surface area contributed by atoms with Gasteiger partial charge in [0, 0.05) is 6.42 Å². The standard InChI is InChI=1S/C10H17NO6.C7H6/c1-10(2,3)17-9(16)11-6(8(14)15)4-5-7(12)13;1-2-4-7-5-6(7)3-1/h6H,4-5H2,1-3H3,(H,11,16)(H,12,13)(H,14,15);1-4H,5H2. The molecule has 1 aliphatic carbocycles. The van der Waals surface area contributed by atoms with Crippen LogP contribution in [-0.4, -0.2) is 39.9 Å². The van der Waals surface area contributed by atoms with Crippen molar-refractivity contribution in [3.05, 3.63) is 35.4 Å². The smallest absolute Gasteiger partial charge is 0.408 e. The molecule has 1 aliphatic rings. The van der Waals surface area contributed by atoms with Gasteiger partial charge in [0.1, 0.15) is 11.6 Å². The lowest BCUT2D eigenvalue weighted by molar-refractivity contribution is -0.140. The molecular formula is C17H23NO6. The third-order valence-electron chi connectivity index (χ3n) is 3.01. The van der Waals surface area contributed by atoms with Gasteiger partial charge in [-0.3, -0.25) is 4.79 Å². The van der Waals surface area contributed by atoms with Crippen LogP contribution in [-0.2, 0) is 20.7 Å². The fourth-order valence-corrected chi connectivity index (χ4v) is 1.81. The summed E-state index contributed by atoms with van der Waals surface area (Å²) in [4.78, 5) is 32.3. The van der Waals surface area contributed by atoms with Crippen LogP contribution in [0.15, 0.2) is 24.3 Å². The summed E-state index contributed by atoms with van der Waals surface area (Å²) in [6.45, 7) is 4.92. The van der Waals surface area contributed by atoms with Crippen molar-refractivity contribution in [1.82, 2.24) is 5.32 Å². The zero-order valence-electron chi connectivity index (χ0n) is 14.0. The molecular weight excluding hydrogens is 314 g/mol. The van der Waals surface area contributed by atoms with Crippen molar-refractivity contribution in [1.29, 1.82) is 0 Å². The van der Waals surface area contributed by atoms with E-state index in [4.69, 9.17) is 14.9 Å². The predicted molar refractivity (Wildman–Crippen MR) is 86.9 cm³/mol. The van der Waals surface area contributed by atoms with E-state index in [-0.39, 0.29) is 12.8 Å². The average molecular weight is 337 g/mol. The molecule has 1 atom stereocenters. The number of nitrogens with one attached hydrogen (secondary N) is 1. The summed E-state index contributed by atoms with van der Waals surface area (Å²) >= 11 is 0. The second kappa shape index (κ2) is 8.33. The van der Waals surface area contributed by atoms with Gasteiger partial charge in [-0.25, -0.2) is 9.59 Å². The van der Waals surface area contributed by atoms with E-state index in [0.717, 1.165) is 0 Å². The van der Waals surface area contributed by atoms with Crippen LogP contribution in [0, 0.1) is 0 Å². The largest absolute Gasteiger partial charge is 0.481 e. The molecule has 1 aromatic carbocycles. The molecule has 7 heteroatoms. The van der Waals surface area contributed by atoms with Gasteiger partial charge < -0.3 is 20.3 Å². The fraction of sp³-hybridized carbons (Fsp3) is 0.471. The Labute approximate surface area is 140 Å². The highest BCUT2D eigenvalue weighted by molar-refractivity contribution is 5.80. The Kier molecular flexibility index (Phi) is 6.76. The molecule has 0 aliphatic heterocycles. The SMILES string of the molecule is CC(C)(C)OC(=O)NC(CCC(=O)O)C(=O)O.c1ccc2c(c1)C2. The first-order valence-electron chi connectivity index (χ1n) is 7.59.